The summed E-state index contributed by atoms with van der Waals surface area (Å²) in [6.07, 6.45) is 3.69. The molecule has 7 heteroatoms. The fraction of sp³-hybridized carbons (Fsp3) is 0.812. The molecule has 2 aliphatic rings. The maximum Gasteiger partial charge on any atom is 0.410 e. The van der Waals surface area contributed by atoms with Crippen LogP contribution in [-0.4, -0.2) is 57.3 Å². The van der Waals surface area contributed by atoms with Crippen molar-refractivity contribution in [2.75, 3.05) is 19.6 Å². The molecule has 3 rings (SSSR count). The largest absolute Gasteiger partial charge is 0.441 e. The second-order valence-electron chi connectivity index (χ2n) is 6.82. The Morgan fingerprint density at radius 1 is 1.35 bits per heavy atom. The highest BCUT2D eigenvalue weighted by Crippen LogP contribution is 2.35. The Bertz CT molecular complexity index is 551. The fourth-order valence-electron chi connectivity index (χ4n) is 3.54. The smallest absolute Gasteiger partial charge is 0.410 e. The van der Waals surface area contributed by atoms with Gasteiger partial charge in [-0.25, -0.2) is 4.79 Å². The van der Waals surface area contributed by atoms with Gasteiger partial charge in [-0.2, -0.15) is 4.98 Å². The van der Waals surface area contributed by atoms with Crippen LogP contribution in [0.1, 0.15) is 51.2 Å². The van der Waals surface area contributed by atoms with Gasteiger partial charge in [-0.1, -0.05) is 18.5 Å². The van der Waals surface area contributed by atoms with Crippen LogP contribution in [0.15, 0.2) is 4.52 Å². The molecule has 2 aliphatic heterocycles. The third-order valence-electron chi connectivity index (χ3n) is 4.94. The Hall–Kier alpha value is -1.63. The van der Waals surface area contributed by atoms with Crippen molar-refractivity contribution in [3.63, 3.8) is 0 Å². The van der Waals surface area contributed by atoms with E-state index in [2.05, 4.69) is 28.9 Å². The van der Waals surface area contributed by atoms with Crippen LogP contribution in [-0.2, 0) is 11.3 Å². The predicted octanol–water partition coefficient (Wildman–Crippen LogP) is 2.35. The number of carbonyl (C=O) groups excluding carboxylic acids is 1. The minimum Gasteiger partial charge on any atom is -0.441 e. The molecule has 0 radical (unpaired) electrons. The second-order valence-corrected chi connectivity index (χ2v) is 6.82. The minimum atomic E-state index is -0.303. The van der Waals surface area contributed by atoms with E-state index in [1.807, 2.05) is 4.90 Å². The molecule has 1 atom stereocenters. The first-order chi connectivity index (χ1) is 11.0. The van der Waals surface area contributed by atoms with E-state index in [-0.39, 0.29) is 17.7 Å². The second kappa shape index (κ2) is 6.47. The van der Waals surface area contributed by atoms with Crippen molar-refractivity contribution in [3.05, 3.63) is 11.7 Å². The lowest BCUT2D eigenvalue weighted by Crippen LogP contribution is -2.47. The van der Waals surface area contributed by atoms with Crippen LogP contribution < -0.4 is 0 Å². The first-order valence-corrected chi connectivity index (χ1v) is 8.52. The minimum absolute atomic E-state index is 0.145. The summed E-state index contributed by atoms with van der Waals surface area (Å²) in [6, 6.07) is 0.257. The van der Waals surface area contributed by atoms with Crippen LogP contribution in [0.3, 0.4) is 0 Å². The van der Waals surface area contributed by atoms with Crippen LogP contribution in [0.2, 0.25) is 0 Å². The van der Waals surface area contributed by atoms with E-state index < -0.39 is 0 Å². The van der Waals surface area contributed by atoms with Crippen LogP contribution in [0.4, 0.5) is 4.79 Å². The number of aromatic nitrogens is 2. The molecule has 2 fully saturated rings. The summed E-state index contributed by atoms with van der Waals surface area (Å²) in [5.41, 5.74) is -0.303. The lowest BCUT2D eigenvalue weighted by atomic mass is 9.91. The van der Waals surface area contributed by atoms with Crippen molar-refractivity contribution in [3.8, 4) is 0 Å². The van der Waals surface area contributed by atoms with Crippen LogP contribution in [0, 0.1) is 6.92 Å². The molecule has 1 aromatic heterocycles. The van der Waals surface area contributed by atoms with Gasteiger partial charge >= 0.3 is 6.09 Å². The molecule has 1 aromatic rings. The number of nitrogens with zero attached hydrogens (tertiary/aromatic N) is 4. The fourth-order valence-corrected chi connectivity index (χ4v) is 3.54. The molecule has 1 spiro atoms. The molecule has 3 heterocycles. The Balaban J connectivity index is 1.55. The van der Waals surface area contributed by atoms with Gasteiger partial charge in [0, 0.05) is 38.9 Å². The molecule has 0 unspecified atom stereocenters. The number of hydrogen-bond donors (Lipinski definition) is 0. The van der Waals surface area contributed by atoms with Crippen LogP contribution in [0.5, 0.6) is 0 Å². The van der Waals surface area contributed by atoms with Crippen molar-refractivity contribution < 1.29 is 14.1 Å². The van der Waals surface area contributed by atoms with E-state index in [1.54, 1.807) is 6.92 Å². The third kappa shape index (κ3) is 3.49. The van der Waals surface area contributed by atoms with Crippen molar-refractivity contribution in [1.29, 1.82) is 0 Å². The van der Waals surface area contributed by atoms with E-state index >= 15 is 0 Å². The number of rotatable bonds is 5. The van der Waals surface area contributed by atoms with Gasteiger partial charge < -0.3 is 14.2 Å². The summed E-state index contributed by atoms with van der Waals surface area (Å²) in [6.45, 7) is 9.24. The van der Waals surface area contributed by atoms with Gasteiger partial charge in [0.05, 0.1) is 13.1 Å². The van der Waals surface area contributed by atoms with Crippen molar-refractivity contribution in [1.82, 2.24) is 19.9 Å². The van der Waals surface area contributed by atoms with E-state index in [4.69, 9.17) is 9.26 Å². The monoisotopic (exact) mass is 322 g/mol. The highest BCUT2D eigenvalue weighted by Gasteiger charge is 2.48. The molecule has 0 aromatic carbocycles. The average molecular weight is 322 g/mol. The zero-order valence-electron chi connectivity index (χ0n) is 14.2. The third-order valence-corrected chi connectivity index (χ3v) is 4.94. The number of piperidine rings is 1. The maximum absolute atomic E-state index is 12.2. The summed E-state index contributed by atoms with van der Waals surface area (Å²) >= 11 is 0. The maximum atomic E-state index is 12.2. The van der Waals surface area contributed by atoms with Gasteiger partial charge in [-0.15, -0.1) is 0 Å². The molecule has 2 saturated heterocycles. The molecular formula is C16H26N4O3. The van der Waals surface area contributed by atoms with Gasteiger partial charge in [0.15, 0.2) is 5.82 Å². The molecule has 128 valence electrons. The van der Waals surface area contributed by atoms with E-state index in [1.165, 1.54) is 0 Å². The average Bonchev–Trinajstić information content (AvgIpc) is 3.06. The lowest BCUT2D eigenvalue weighted by Gasteiger charge is -2.37. The number of ether oxygens (including phenoxy) is 1. The van der Waals surface area contributed by atoms with Crippen molar-refractivity contribution in [2.24, 2.45) is 0 Å². The standard InChI is InChI=1S/C16H26N4O3/c1-4-5-12(2)20-11-16(22-15(20)21)6-8-19(9-7-16)10-14-17-13(3)23-18-14/h12H,4-11H2,1-3H3/t12-/m1/s1. The normalized spacial score (nSPS) is 22.6. The molecule has 23 heavy (non-hydrogen) atoms. The Kier molecular flexibility index (Phi) is 4.57. The molecule has 0 bridgehead atoms. The zero-order valence-corrected chi connectivity index (χ0v) is 14.2. The molecule has 0 saturated carbocycles. The summed E-state index contributed by atoms with van der Waals surface area (Å²) in [5.74, 6) is 1.32. The van der Waals surface area contributed by atoms with Crippen LogP contribution in [0.25, 0.3) is 0 Å². The Morgan fingerprint density at radius 3 is 2.70 bits per heavy atom. The van der Waals surface area contributed by atoms with Gasteiger partial charge in [0.1, 0.15) is 5.60 Å². The predicted molar refractivity (Wildman–Crippen MR) is 83.8 cm³/mol. The number of amides is 1. The zero-order chi connectivity index (χ0) is 16.4. The molecule has 7 nitrogen and oxygen atoms in total. The van der Waals surface area contributed by atoms with E-state index in [0.29, 0.717) is 12.4 Å². The first kappa shape index (κ1) is 16.2. The Morgan fingerprint density at radius 2 is 2.09 bits per heavy atom. The topological polar surface area (TPSA) is 71.7 Å². The molecule has 1 amide bonds. The number of aryl methyl sites for hydroxylation is 1. The van der Waals surface area contributed by atoms with Gasteiger partial charge in [-0.05, 0) is 13.3 Å². The number of carbonyl (C=O) groups is 1. The van der Waals surface area contributed by atoms with Gasteiger partial charge in [0.25, 0.3) is 0 Å². The number of likely N-dealkylation sites (tertiary alicyclic amines) is 1. The van der Waals surface area contributed by atoms with Gasteiger partial charge in [0.2, 0.25) is 5.89 Å². The summed E-state index contributed by atoms with van der Waals surface area (Å²) in [5, 5.41) is 3.95. The molecular weight excluding hydrogens is 296 g/mol. The van der Waals surface area contributed by atoms with Crippen molar-refractivity contribution in [2.45, 2.75) is 64.6 Å². The molecule has 0 aliphatic carbocycles. The highest BCUT2D eigenvalue weighted by molar-refractivity contribution is 5.71. The first-order valence-electron chi connectivity index (χ1n) is 8.52. The van der Waals surface area contributed by atoms with E-state index in [9.17, 15) is 4.79 Å². The molecule has 0 N–H and O–H groups in total. The Labute approximate surface area is 137 Å². The highest BCUT2D eigenvalue weighted by atomic mass is 16.6. The van der Waals surface area contributed by atoms with Crippen LogP contribution >= 0.6 is 0 Å². The van der Waals surface area contributed by atoms with Crippen molar-refractivity contribution >= 4 is 6.09 Å². The van der Waals surface area contributed by atoms with Gasteiger partial charge in [-0.3, -0.25) is 4.90 Å². The SMILES string of the molecule is CCC[C@@H](C)N1CC2(CCN(Cc3noc(C)n3)CC2)OC1=O. The summed E-state index contributed by atoms with van der Waals surface area (Å²) in [7, 11) is 0. The van der Waals surface area contributed by atoms with E-state index in [0.717, 1.165) is 51.1 Å². The number of hydrogen-bond acceptors (Lipinski definition) is 6. The lowest BCUT2D eigenvalue weighted by molar-refractivity contribution is -0.00199. The summed E-state index contributed by atoms with van der Waals surface area (Å²) < 4.78 is 10.8. The summed E-state index contributed by atoms with van der Waals surface area (Å²) in [4.78, 5) is 20.6. The quantitative estimate of drug-likeness (QED) is 0.828.